The molecule has 3 heteroatoms. The Morgan fingerprint density at radius 1 is 0.963 bits per heavy atom. The first kappa shape index (κ1) is 20.5. The number of thiazole rings is 1. The molecule has 2 aromatic rings. The van der Waals surface area contributed by atoms with E-state index in [9.17, 15) is 0 Å². The molecule has 1 aliphatic carbocycles. The van der Waals surface area contributed by atoms with Gasteiger partial charge >= 0.3 is 0 Å². The van der Waals surface area contributed by atoms with Gasteiger partial charge in [-0.15, -0.1) is 11.3 Å². The van der Waals surface area contributed by atoms with Crippen LogP contribution in [-0.2, 0) is 10.8 Å². The number of aromatic nitrogens is 1. The van der Waals surface area contributed by atoms with E-state index in [0.29, 0.717) is 5.92 Å². The van der Waals surface area contributed by atoms with Gasteiger partial charge in [0.2, 0.25) is 0 Å². The van der Waals surface area contributed by atoms with Crippen molar-refractivity contribution in [1.29, 1.82) is 0 Å². The van der Waals surface area contributed by atoms with Crippen molar-refractivity contribution in [2.75, 3.05) is 13.1 Å². The molecule has 0 saturated carbocycles. The lowest BCUT2D eigenvalue weighted by molar-refractivity contribution is 0.332. The van der Waals surface area contributed by atoms with Crippen LogP contribution in [0.4, 0.5) is 0 Å². The molecule has 4 rings (SSSR count). The van der Waals surface area contributed by atoms with E-state index in [1.165, 1.54) is 53.1 Å². The van der Waals surface area contributed by atoms with Crippen molar-refractivity contribution >= 4 is 11.3 Å². The van der Waals surface area contributed by atoms with Gasteiger partial charge in [0.05, 0.1) is 10.7 Å². The summed E-state index contributed by atoms with van der Waals surface area (Å²) >= 11 is 1.85. The lowest BCUT2D eigenvalue weighted by atomic mass is 9.63. The van der Waals surface area contributed by atoms with Gasteiger partial charge in [-0.05, 0) is 66.8 Å². The van der Waals surface area contributed by atoms with E-state index in [1.807, 2.05) is 25.2 Å². The standard InChI is InChI=1S/C22H30N2S.C2H6/c1-21(2)9-10-22(3,4)18-13-16(5-6-17(18)21)19-14-25-20(24-19)15-7-11-23-12-8-15;1-2/h5-6,13-15,23H,7-12H2,1-4H3;1-2H3. The highest BCUT2D eigenvalue weighted by atomic mass is 32.1. The molecular weight excluding hydrogens is 348 g/mol. The molecule has 2 nitrogen and oxygen atoms in total. The zero-order chi connectivity index (χ0) is 19.7. The van der Waals surface area contributed by atoms with Gasteiger partial charge in [0.1, 0.15) is 0 Å². The zero-order valence-electron chi connectivity index (χ0n) is 18.0. The van der Waals surface area contributed by atoms with Crippen molar-refractivity contribution in [1.82, 2.24) is 10.3 Å². The molecule has 0 amide bonds. The monoisotopic (exact) mass is 384 g/mol. The highest BCUT2D eigenvalue weighted by Gasteiger charge is 2.37. The maximum Gasteiger partial charge on any atom is 0.0964 e. The number of rotatable bonds is 2. The van der Waals surface area contributed by atoms with Crippen molar-refractivity contribution in [3.8, 4) is 11.3 Å². The molecule has 1 fully saturated rings. The molecule has 0 bridgehead atoms. The predicted octanol–water partition coefficient (Wildman–Crippen LogP) is 6.65. The Morgan fingerprint density at radius 3 is 2.26 bits per heavy atom. The molecule has 1 saturated heterocycles. The SMILES string of the molecule is CC.CC1(C)CCC(C)(C)c2cc(-c3csc(C4CCNCC4)n3)ccc21. The van der Waals surface area contributed by atoms with Crippen LogP contribution in [0.3, 0.4) is 0 Å². The lowest BCUT2D eigenvalue weighted by Crippen LogP contribution is -2.33. The molecule has 0 unspecified atom stereocenters. The van der Waals surface area contributed by atoms with Crippen LogP contribution in [0.5, 0.6) is 0 Å². The van der Waals surface area contributed by atoms with Crippen molar-refractivity contribution in [2.24, 2.45) is 0 Å². The van der Waals surface area contributed by atoms with E-state index in [1.54, 1.807) is 0 Å². The van der Waals surface area contributed by atoms with E-state index >= 15 is 0 Å². The van der Waals surface area contributed by atoms with E-state index in [4.69, 9.17) is 4.98 Å². The van der Waals surface area contributed by atoms with Crippen LogP contribution >= 0.6 is 11.3 Å². The van der Waals surface area contributed by atoms with Crippen LogP contribution < -0.4 is 5.32 Å². The highest BCUT2D eigenvalue weighted by Crippen LogP contribution is 2.46. The van der Waals surface area contributed by atoms with Crippen molar-refractivity contribution in [2.45, 2.75) is 84.0 Å². The third-order valence-corrected chi connectivity index (χ3v) is 7.37. The number of fused-ring (bicyclic) bond motifs is 1. The van der Waals surface area contributed by atoms with Gasteiger partial charge in [-0.25, -0.2) is 4.98 Å². The Bertz CT molecular complexity index is 766. The summed E-state index contributed by atoms with van der Waals surface area (Å²) in [6.07, 6.45) is 4.97. The van der Waals surface area contributed by atoms with Crippen LogP contribution in [-0.4, -0.2) is 18.1 Å². The third-order valence-electron chi connectivity index (χ3n) is 6.36. The maximum atomic E-state index is 5.03. The Balaban J connectivity index is 0.00000102. The highest BCUT2D eigenvalue weighted by molar-refractivity contribution is 7.10. The van der Waals surface area contributed by atoms with Gasteiger partial charge in [0, 0.05) is 16.9 Å². The largest absolute Gasteiger partial charge is 0.317 e. The maximum absolute atomic E-state index is 5.03. The fraction of sp³-hybridized carbons (Fsp3) is 0.625. The average Bonchev–Trinajstić information content (AvgIpc) is 3.18. The average molecular weight is 385 g/mol. The van der Waals surface area contributed by atoms with E-state index < -0.39 is 0 Å². The van der Waals surface area contributed by atoms with Gasteiger partial charge in [-0.2, -0.15) is 0 Å². The smallest absolute Gasteiger partial charge is 0.0964 e. The fourth-order valence-corrected chi connectivity index (χ4v) is 5.42. The zero-order valence-corrected chi connectivity index (χ0v) is 18.8. The first-order valence-corrected chi connectivity index (χ1v) is 11.6. The molecule has 0 spiro atoms. The summed E-state index contributed by atoms with van der Waals surface area (Å²) < 4.78 is 0. The number of hydrogen-bond donors (Lipinski definition) is 1. The van der Waals surface area contributed by atoms with Crippen LogP contribution in [0.2, 0.25) is 0 Å². The molecule has 2 heterocycles. The Morgan fingerprint density at radius 2 is 1.59 bits per heavy atom. The summed E-state index contributed by atoms with van der Waals surface area (Å²) in [6.45, 7) is 15.8. The molecule has 148 valence electrons. The molecule has 1 N–H and O–H groups in total. The first-order chi connectivity index (χ1) is 12.9. The first-order valence-electron chi connectivity index (χ1n) is 10.7. The molecule has 0 radical (unpaired) electrons. The number of benzene rings is 1. The van der Waals surface area contributed by atoms with Gasteiger partial charge in [0.25, 0.3) is 0 Å². The van der Waals surface area contributed by atoms with Crippen LogP contribution in [0.15, 0.2) is 23.6 Å². The lowest BCUT2D eigenvalue weighted by Gasteiger charge is -2.42. The van der Waals surface area contributed by atoms with E-state index in [2.05, 4.69) is 56.6 Å². The normalized spacial score (nSPS) is 21.1. The summed E-state index contributed by atoms with van der Waals surface area (Å²) in [4.78, 5) is 5.03. The minimum atomic E-state index is 0.259. The molecular formula is C24H36N2S. The van der Waals surface area contributed by atoms with Crippen molar-refractivity contribution in [3.63, 3.8) is 0 Å². The van der Waals surface area contributed by atoms with Gasteiger partial charge in [-0.1, -0.05) is 53.7 Å². The van der Waals surface area contributed by atoms with Crippen LogP contribution in [0, 0.1) is 0 Å². The minimum Gasteiger partial charge on any atom is -0.317 e. The van der Waals surface area contributed by atoms with Gasteiger partial charge in [-0.3, -0.25) is 0 Å². The second-order valence-corrected chi connectivity index (χ2v) is 10.0. The molecule has 1 aromatic heterocycles. The molecule has 2 aliphatic rings. The molecule has 0 atom stereocenters. The Kier molecular flexibility index (Phi) is 6.12. The summed E-state index contributed by atoms with van der Waals surface area (Å²) in [7, 11) is 0. The number of nitrogens with one attached hydrogen (secondary N) is 1. The van der Waals surface area contributed by atoms with Gasteiger partial charge < -0.3 is 5.32 Å². The predicted molar refractivity (Wildman–Crippen MR) is 119 cm³/mol. The summed E-state index contributed by atoms with van der Waals surface area (Å²) in [6, 6.07) is 7.09. The van der Waals surface area contributed by atoms with Crippen molar-refractivity contribution < 1.29 is 0 Å². The molecule has 1 aliphatic heterocycles. The topological polar surface area (TPSA) is 24.9 Å². The Hall–Kier alpha value is -1.19. The second-order valence-electron chi connectivity index (χ2n) is 9.12. The third kappa shape index (κ3) is 4.14. The quantitative estimate of drug-likeness (QED) is 0.627. The number of hydrogen-bond acceptors (Lipinski definition) is 3. The minimum absolute atomic E-state index is 0.259. The van der Waals surface area contributed by atoms with E-state index in [0.717, 1.165) is 13.1 Å². The Labute approximate surface area is 169 Å². The van der Waals surface area contributed by atoms with Crippen LogP contribution in [0.25, 0.3) is 11.3 Å². The van der Waals surface area contributed by atoms with E-state index in [-0.39, 0.29) is 10.8 Å². The van der Waals surface area contributed by atoms with Gasteiger partial charge in [0.15, 0.2) is 0 Å². The molecule has 27 heavy (non-hydrogen) atoms. The summed E-state index contributed by atoms with van der Waals surface area (Å²) in [5, 5.41) is 7.04. The van der Waals surface area contributed by atoms with Crippen molar-refractivity contribution in [3.05, 3.63) is 39.7 Å². The second kappa shape index (κ2) is 8.05. The number of piperidine rings is 1. The fourth-order valence-electron chi connectivity index (χ4n) is 4.42. The summed E-state index contributed by atoms with van der Waals surface area (Å²) in [5.41, 5.74) is 6.06. The van der Waals surface area contributed by atoms with Crippen LogP contribution in [0.1, 0.15) is 89.3 Å². The number of nitrogens with zero attached hydrogens (tertiary/aromatic N) is 1. The molecule has 1 aromatic carbocycles. The summed E-state index contributed by atoms with van der Waals surface area (Å²) in [5.74, 6) is 0.646.